The number of halogens is 2. The molecule has 0 radical (unpaired) electrons. The van der Waals surface area contributed by atoms with Gasteiger partial charge in [-0.05, 0) is 24.7 Å². The standard InChI is InChI=1S/C12H18F2N2O2S/c1-16(5-6-19(2,17)18)12(8-15)9-3-4-10(13)11(14)7-9/h3-4,7,12H,5-6,8,15H2,1-2H3. The summed E-state index contributed by atoms with van der Waals surface area (Å²) in [7, 11) is -1.38. The highest BCUT2D eigenvalue weighted by molar-refractivity contribution is 7.90. The first-order valence-electron chi connectivity index (χ1n) is 5.77. The van der Waals surface area contributed by atoms with Crippen LogP contribution in [0.15, 0.2) is 18.2 Å². The Kier molecular flexibility index (Phi) is 5.39. The molecule has 0 aliphatic rings. The van der Waals surface area contributed by atoms with E-state index in [4.69, 9.17) is 5.73 Å². The molecule has 7 heteroatoms. The van der Waals surface area contributed by atoms with Crippen molar-refractivity contribution in [1.82, 2.24) is 4.90 Å². The highest BCUT2D eigenvalue weighted by Gasteiger charge is 2.18. The van der Waals surface area contributed by atoms with Crippen LogP contribution in [0.4, 0.5) is 8.78 Å². The summed E-state index contributed by atoms with van der Waals surface area (Å²) in [4.78, 5) is 1.72. The number of likely N-dealkylation sites (N-methyl/N-ethyl adjacent to an activating group) is 1. The van der Waals surface area contributed by atoms with Gasteiger partial charge in [0.2, 0.25) is 0 Å². The lowest BCUT2D eigenvalue weighted by atomic mass is 10.1. The van der Waals surface area contributed by atoms with Crippen LogP contribution in [0.25, 0.3) is 0 Å². The second kappa shape index (κ2) is 6.40. The number of benzene rings is 1. The maximum Gasteiger partial charge on any atom is 0.159 e. The molecule has 0 amide bonds. The van der Waals surface area contributed by atoms with Gasteiger partial charge in [-0.25, -0.2) is 17.2 Å². The van der Waals surface area contributed by atoms with Gasteiger partial charge in [-0.2, -0.15) is 0 Å². The molecular formula is C12H18F2N2O2S. The van der Waals surface area contributed by atoms with Crippen molar-refractivity contribution in [2.45, 2.75) is 6.04 Å². The van der Waals surface area contributed by atoms with E-state index in [1.54, 1.807) is 11.9 Å². The van der Waals surface area contributed by atoms with Gasteiger partial charge in [0.15, 0.2) is 11.6 Å². The summed E-state index contributed by atoms with van der Waals surface area (Å²) in [6.07, 6.45) is 1.15. The number of nitrogens with two attached hydrogens (primary N) is 1. The van der Waals surface area contributed by atoms with Gasteiger partial charge in [-0.3, -0.25) is 4.90 Å². The molecule has 1 unspecified atom stereocenters. The van der Waals surface area contributed by atoms with E-state index in [0.717, 1.165) is 18.4 Å². The molecule has 1 rings (SSSR count). The van der Waals surface area contributed by atoms with Crippen LogP contribution >= 0.6 is 0 Å². The quantitative estimate of drug-likeness (QED) is 0.847. The van der Waals surface area contributed by atoms with Gasteiger partial charge in [0.1, 0.15) is 9.84 Å². The van der Waals surface area contributed by atoms with E-state index in [0.29, 0.717) is 5.56 Å². The highest BCUT2D eigenvalue weighted by Crippen LogP contribution is 2.20. The fourth-order valence-electron chi connectivity index (χ4n) is 1.76. The molecule has 1 atom stereocenters. The molecule has 4 nitrogen and oxygen atoms in total. The van der Waals surface area contributed by atoms with Crippen LogP contribution in [0.1, 0.15) is 11.6 Å². The van der Waals surface area contributed by atoms with Gasteiger partial charge in [0.25, 0.3) is 0 Å². The molecule has 19 heavy (non-hydrogen) atoms. The minimum atomic E-state index is -3.07. The van der Waals surface area contributed by atoms with Crippen LogP contribution < -0.4 is 5.73 Å². The Hall–Kier alpha value is -1.05. The van der Waals surface area contributed by atoms with Crippen molar-refractivity contribution in [2.24, 2.45) is 5.73 Å². The number of hydrogen-bond donors (Lipinski definition) is 1. The van der Waals surface area contributed by atoms with Crippen LogP contribution in [-0.4, -0.2) is 45.5 Å². The van der Waals surface area contributed by atoms with Crippen molar-refractivity contribution < 1.29 is 17.2 Å². The first-order chi connectivity index (χ1) is 8.74. The number of sulfone groups is 1. The molecule has 1 aromatic carbocycles. The van der Waals surface area contributed by atoms with Gasteiger partial charge in [0, 0.05) is 25.4 Å². The van der Waals surface area contributed by atoms with E-state index in [-0.39, 0.29) is 24.9 Å². The lowest BCUT2D eigenvalue weighted by molar-refractivity contribution is 0.263. The van der Waals surface area contributed by atoms with Crippen molar-refractivity contribution in [2.75, 3.05) is 32.1 Å². The molecule has 2 N–H and O–H groups in total. The second-order valence-corrected chi connectivity index (χ2v) is 6.80. The predicted molar refractivity (Wildman–Crippen MR) is 70.5 cm³/mol. The smallest absolute Gasteiger partial charge is 0.159 e. The Bertz CT molecular complexity index is 535. The third-order valence-corrected chi connectivity index (χ3v) is 3.82. The van der Waals surface area contributed by atoms with Gasteiger partial charge in [-0.1, -0.05) is 6.07 Å². The fraction of sp³-hybridized carbons (Fsp3) is 0.500. The van der Waals surface area contributed by atoms with E-state index in [1.165, 1.54) is 6.07 Å². The average molecular weight is 292 g/mol. The van der Waals surface area contributed by atoms with Gasteiger partial charge in [0.05, 0.1) is 5.75 Å². The Labute approximate surface area is 112 Å². The molecule has 1 aromatic rings. The minimum absolute atomic E-state index is 0.0102. The molecule has 0 spiro atoms. The van der Waals surface area contributed by atoms with E-state index in [9.17, 15) is 17.2 Å². The maximum absolute atomic E-state index is 13.2. The summed E-state index contributed by atoms with van der Waals surface area (Å²) in [6, 6.07) is 3.23. The van der Waals surface area contributed by atoms with Crippen molar-refractivity contribution >= 4 is 9.84 Å². The minimum Gasteiger partial charge on any atom is -0.329 e. The van der Waals surface area contributed by atoms with Crippen LogP contribution in [0.2, 0.25) is 0 Å². The monoisotopic (exact) mass is 292 g/mol. The fourth-order valence-corrected chi connectivity index (χ4v) is 2.38. The average Bonchev–Trinajstić information content (AvgIpc) is 2.31. The molecule has 0 bridgehead atoms. The highest BCUT2D eigenvalue weighted by atomic mass is 32.2. The molecule has 0 heterocycles. The van der Waals surface area contributed by atoms with Gasteiger partial charge >= 0.3 is 0 Å². The van der Waals surface area contributed by atoms with E-state index in [2.05, 4.69) is 0 Å². The molecule has 0 saturated carbocycles. The zero-order valence-electron chi connectivity index (χ0n) is 10.9. The number of hydrogen-bond acceptors (Lipinski definition) is 4. The predicted octanol–water partition coefficient (Wildman–Crippen LogP) is 0.941. The van der Waals surface area contributed by atoms with Crippen molar-refractivity contribution in [3.8, 4) is 0 Å². The maximum atomic E-state index is 13.2. The van der Waals surface area contributed by atoms with Gasteiger partial charge in [-0.15, -0.1) is 0 Å². The normalized spacial score (nSPS) is 13.8. The zero-order valence-corrected chi connectivity index (χ0v) is 11.8. The molecule has 0 saturated heterocycles. The Balaban J connectivity index is 2.84. The van der Waals surface area contributed by atoms with Crippen LogP contribution in [0.3, 0.4) is 0 Å². The Morgan fingerprint density at radius 2 is 1.95 bits per heavy atom. The summed E-state index contributed by atoms with van der Waals surface area (Å²) in [5, 5.41) is 0. The van der Waals surface area contributed by atoms with Crippen molar-refractivity contribution in [1.29, 1.82) is 0 Å². The zero-order chi connectivity index (χ0) is 14.6. The Morgan fingerprint density at radius 3 is 2.42 bits per heavy atom. The third-order valence-electron chi connectivity index (χ3n) is 2.90. The van der Waals surface area contributed by atoms with E-state index < -0.39 is 21.5 Å². The lowest BCUT2D eigenvalue weighted by Crippen LogP contribution is -2.34. The topological polar surface area (TPSA) is 63.4 Å². The molecule has 0 aromatic heterocycles. The van der Waals surface area contributed by atoms with Crippen LogP contribution in [0.5, 0.6) is 0 Å². The molecular weight excluding hydrogens is 274 g/mol. The Morgan fingerprint density at radius 1 is 1.32 bits per heavy atom. The summed E-state index contributed by atoms with van der Waals surface area (Å²) in [5.74, 6) is -1.87. The summed E-state index contributed by atoms with van der Waals surface area (Å²) in [6.45, 7) is 0.463. The molecule has 0 aliphatic heterocycles. The first-order valence-corrected chi connectivity index (χ1v) is 7.83. The summed E-state index contributed by atoms with van der Waals surface area (Å²) in [5.41, 5.74) is 6.15. The SMILES string of the molecule is CN(CCS(C)(=O)=O)C(CN)c1ccc(F)c(F)c1. The molecule has 0 aliphatic carbocycles. The van der Waals surface area contributed by atoms with Crippen LogP contribution in [0, 0.1) is 11.6 Å². The van der Waals surface area contributed by atoms with E-state index in [1.807, 2.05) is 0 Å². The molecule has 0 fully saturated rings. The van der Waals surface area contributed by atoms with Crippen molar-refractivity contribution in [3.63, 3.8) is 0 Å². The van der Waals surface area contributed by atoms with Crippen LogP contribution in [-0.2, 0) is 9.84 Å². The van der Waals surface area contributed by atoms with Crippen molar-refractivity contribution in [3.05, 3.63) is 35.4 Å². The lowest BCUT2D eigenvalue weighted by Gasteiger charge is -2.27. The third kappa shape index (κ3) is 4.85. The largest absolute Gasteiger partial charge is 0.329 e. The van der Waals surface area contributed by atoms with E-state index >= 15 is 0 Å². The number of nitrogens with zero attached hydrogens (tertiary/aromatic N) is 1. The number of rotatable bonds is 6. The summed E-state index contributed by atoms with van der Waals surface area (Å²) < 4.78 is 48.3. The first kappa shape index (κ1) is 16.0. The summed E-state index contributed by atoms with van der Waals surface area (Å²) >= 11 is 0. The molecule has 108 valence electrons. The second-order valence-electron chi connectivity index (χ2n) is 4.54. The van der Waals surface area contributed by atoms with Gasteiger partial charge < -0.3 is 5.73 Å².